The Bertz CT molecular complexity index is 898. The lowest BCUT2D eigenvalue weighted by Crippen LogP contribution is -2.45. The molecule has 1 saturated carbocycles. The molecule has 1 aliphatic rings. The van der Waals surface area contributed by atoms with Crippen LogP contribution in [0.5, 0.6) is 0 Å². The molecule has 1 atom stereocenters. The van der Waals surface area contributed by atoms with Crippen LogP contribution in [0.1, 0.15) is 62.5 Å². The smallest absolute Gasteiger partial charge is 0.344 e. The van der Waals surface area contributed by atoms with E-state index in [1.54, 1.807) is 30.3 Å². The second-order valence-corrected chi connectivity index (χ2v) is 6.10. The summed E-state index contributed by atoms with van der Waals surface area (Å²) in [6.07, 6.45) is 3.65. The van der Waals surface area contributed by atoms with Crippen LogP contribution in [-0.2, 0) is 15.1 Å². The van der Waals surface area contributed by atoms with Gasteiger partial charge in [0.05, 0.1) is 12.0 Å². The van der Waals surface area contributed by atoms with E-state index in [1.165, 1.54) is 0 Å². The molecule has 4 heteroatoms. The molecular weight excluding hydrogens is 326 g/mol. The van der Waals surface area contributed by atoms with Crippen molar-refractivity contribution in [3.05, 3.63) is 35.9 Å². The van der Waals surface area contributed by atoms with Crippen LogP contribution in [0, 0.1) is 17.8 Å². The van der Waals surface area contributed by atoms with E-state index < -0.39 is 43.5 Å². The van der Waals surface area contributed by atoms with Crippen molar-refractivity contribution < 1.29 is 25.6 Å². The average Bonchev–Trinajstić information content (AvgIpc) is 2.70. The molecule has 1 N–H and O–H groups in total. The summed E-state index contributed by atoms with van der Waals surface area (Å²) in [4.78, 5) is 13.4. The Hall–Kier alpha value is -1.83. The third-order valence-corrected chi connectivity index (χ3v) is 4.59. The van der Waals surface area contributed by atoms with Crippen molar-refractivity contribution in [3.63, 3.8) is 0 Å². The fourth-order valence-electron chi connectivity index (χ4n) is 3.22. The summed E-state index contributed by atoms with van der Waals surface area (Å²) < 4.78 is 68.2. The van der Waals surface area contributed by atoms with E-state index >= 15 is 0 Å². The van der Waals surface area contributed by atoms with Crippen LogP contribution in [0.15, 0.2) is 30.3 Å². The first-order valence-electron chi connectivity index (χ1n) is 12.8. The molecule has 0 aromatic heterocycles. The van der Waals surface area contributed by atoms with E-state index in [0.717, 1.165) is 33.1 Å². The summed E-state index contributed by atoms with van der Waals surface area (Å²) >= 11 is 0. The first-order valence-corrected chi connectivity index (χ1v) is 8.77. The van der Waals surface area contributed by atoms with Crippen LogP contribution in [0.4, 0.5) is 0 Å². The molecule has 0 unspecified atom stereocenters. The van der Waals surface area contributed by atoms with E-state index in [1.807, 2.05) is 11.8 Å². The van der Waals surface area contributed by atoms with Gasteiger partial charge in [-0.1, -0.05) is 75.3 Å². The van der Waals surface area contributed by atoms with Crippen molar-refractivity contribution in [2.45, 2.75) is 51.6 Å². The molecule has 142 valence electrons. The van der Waals surface area contributed by atoms with E-state index in [0.29, 0.717) is 12.8 Å². The minimum atomic E-state index is -3.03. The van der Waals surface area contributed by atoms with Crippen LogP contribution in [-0.4, -0.2) is 42.0 Å². The van der Waals surface area contributed by atoms with Gasteiger partial charge in [0.25, 0.3) is 0 Å². The largest absolute Gasteiger partial charge is 0.450 e. The van der Waals surface area contributed by atoms with Gasteiger partial charge in [-0.3, -0.25) is 4.90 Å². The predicted molar refractivity (Wildman–Crippen MR) is 103 cm³/mol. The van der Waals surface area contributed by atoms with Crippen molar-refractivity contribution in [2.24, 2.45) is 5.92 Å². The average molecular weight is 366 g/mol. The summed E-state index contributed by atoms with van der Waals surface area (Å²) in [5.74, 6) is 1.99. The van der Waals surface area contributed by atoms with Gasteiger partial charge in [0.2, 0.25) is 0 Å². The quantitative estimate of drug-likeness (QED) is 0.595. The van der Waals surface area contributed by atoms with Crippen molar-refractivity contribution >= 4 is 5.97 Å². The Kier molecular flexibility index (Phi) is 4.69. The molecule has 0 radical (unpaired) electrons. The van der Waals surface area contributed by atoms with Gasteiger partial charge < -0.3 is 9.84 Å². The molecule has 2 rings (SSSR count). The number of aliphatic hydroxyl groups is 1. The fraction of sp³-hybridized carbons (Fsp3) is 0.591. The third-order valence-electron chi connectivity index (χ3n) is 4.59. The van der Waals surface area contributed by atoms with Gasteiger partial charge in [-0.2, -0.15) is 0 Å². The summed E-state index contributed by atoms with van der Waals surface area (Å²) in [5.41, 5.74) is -1.86. The molecule has 26 heavy (non-hydrogen) atoms. The monoisotopic (exact) mass is 365 g/mol. The van der Waals surface area contributed by atoms with Gasteiger partial charge in [-0.15, -0.1) is 0 Å². The first-order chi connectivity index (χ1) is 15.4. The van der Waals surface area contributed by atoms with Gasteiger partial charge in [-0.25, -0.2) is 4.79 Å². The summed E-state index contributed by atoms with van der Waals surface area (Å²) in [7, 11) is 0. The van der Waals surface area contributed by atoms with Gasteiger partial charge in [0.15, 0.2) is 12.2 Å². The van der Waals surface area contributed by atoms with Crippen molar-refractivity contribution in [3.8, 4) is 11.8 Å². The SMILES string of the molecule is [2H]C([2H])(C#CC([2H])([2H])N(C([2H])([2H])C)C([2H])([2H])C)OC(=O)[C@](O)(c1ccccc1)C1CCCCC1. The number of ether oxygens (including phenoxy) is 1. The van der Waals surface area contributed by atoms with Crippen LogP contribution in [0.25, 0.3) is 0 Å². The number of carbonyl (C=O) groups excluding carboxylic acids is 1. The molecule has 1 aromatic carbocycles. The highest BCUT2D eigenvalue weighted by Crippen LogP contribution is 2.40. The van der Waals surface area contributed by atoms with E-state index in [4.69, 9.17) is 15.7 Å². The highest BCUT2D eigenvalue weighted by Gasteiger charge is 2.46. The van der Waals surface area contributed by atoms with Crippen molar-refractivity contribution in [1.29, 1.82) is 0 Å². The summed E-state index contributed by atoms with van der Waals surface area (Å²) in [5, 5.41) is 11.5. The minimum Gasteiger partial charge on any atom is -0.450 e. The molecular formula is C22H31NO3. The maximum atomic E-state index is 13.2. The lowest BCUT2D eigenvalue weighted by atomic mass is 9.73. The minimum absolute atomic E-state index is 0.222. The van der Waals surface area contributed by atoms with E-state index in [2.05, 4.69) is 0 Å². The third kappa shape index (κ3) is 5.09. The summed E-state index contributed by atoms with van der Waals surface area (Å²) in [6.45, 7) is -9.04. The van der Waals surface area contributed by atoms with Gasteiger partial charge in [-0.05, 0) is 31.4 Å². The van der Waals surface area contributed by atoms with Gasteiger partial charge in [0, 0.05) is 11.4 Å². The zero-order chi connectivity index (χ0) is 26.0. The zero-order valence-electron chi connectivity index (χ0n) is 23.2. The Labute approximate surface area is 168 Å². The molecule has 0 spiro atoms. The Morgan fingerprint density at radius 1 is 1.23 bits per heavy atom. The maximum Gasteiger partial charge on any atom is 0.344 e. The molecule has 0 saturated heterocycles. The highest BCUT2D eigenvalue weighted by molar-refractivity contribution is 5.81. The summed E-state index contributed by atoms with van der Waals surface area (Å²) in [6, 6.07) is 8.12. The normalized spacial score (nSPS) is 24.0. The highest BCUT2D eigenvalue weighted by atomic mass is 16.5. The Morgan fingerprint density at radius 3 is 2.50 bits per heavy atom. The molecule has 0 heterocycles. The van der Waals surface area contributed by atoms with Crippen molar-refractivity contribution in [1.82, 2.24) is 4.90 Å². The predicted octanol–water partition coefficient (Wildman–Crippen LogP) is 3.34. The number of hydrogen-bond donors (Lipinski definition) is 1. The first kappa shape index (κ1) is 11.8. The molecule has 1 aromatic rings. The lowest BCUT2D eigenvalue weighted by molar-refractivity contribution is -0.174. The standard InChI is InChI=1S/C22H31NO3/c1-3-23(4-2)17-11-12-18-26-21(24)22(25,19-13-7-5-8-14-19)20-15-9-6-10-16-20/h5,7-8,13-14,20,25H,3-4,6,9-10,15-18H2,1-2H3/t22-/m0/s1/i3D2,4D2,17D2,18D2. The van der Waals surface area contributed by atoms with E-state index in [-0.39, 0.29) is 10.5 Å². The molecule has 0 amide bonds. The number of hydrogen-bond acceptors (Lipinski definition) is 4. The number of benzene rings is 1. The van der Waals surface area contributed by atoms with Gasteiger partial charge in [0.1, 0.15) is 0 Å². The lowest BCUT2D eigenvalue weighted by Gasteiger charge is -2.36. The van der Waals surface area contributed by atoms with Crippen LogP contribution >= 0.6 is 0 Å². The number of esters is 1. The topological polar surface area (TPSA) is 49.8 Å². The Balaban J connectivity index is 2.37. The van der Waals surface area contributed by atoms with Crippen molar-refractivity contribution in [2.75, 3.05) is 26.0 Å². The molecule has 4 nitrogen and oxygen atoms in total. The zero-order valence-corrected chi connectivity index (χ0v) is 15.2. The second-order valence-electron chi connectivity index (χ2n) is 6.10. The second kappa shape index (κ2) is 10.4. The fourth-order valence-corrected chi connectivity index (χ4v) is 3.22. The maximum absolute atomic E-state index is 13.2. The Morgan fingerprint density at radius 2 is 1.88 bits per heavy atom. The van der Waals surface area contributed by atoms with Crippen LogP contribution in [0.3, 0.4) is 0 Å². The van der Waals surface area contributed by atoms with Crippen LogP contribution < -0.4 is 0 Å². The molecule has 1 fully saturated rings. The van der Waals surface area contributed by atoms with Gasteiger partial charge >= 0.3 is 5.97 Å². The number of carbonyl (C=O) groups is 1. The molecule has 0 aliphatic heterocycles. The van der Waals surface area contributed by atoms with E-state index in [9.17, 15) is 9.90 Å². The number of rotatable bonds is 7. The van der Waals surface area contributed by atoms with Crippen LogP contribution in [0.2, 0.25) is 0 Å². The molecule has 1 aliphatic carbocycles. The number of nitrogens with zero attached hydrogens (tertiary/aromatic N) is 1. The molecule has 0 bridgehead atoms.